The predicted molar refractivity (Wildman–Crippen MR) is 76.6 cm³/mol. The maximum absolute atomic E-state index is 4.51. The van der Waals surface area contributed by atoms with Gasteiger partial charge in [0.25, 0.3) is 0 Å². The second-order valence-electron chi connectivity index (χ2n) is 4.88. The summed E-state index contributed by atoms with van der Waals surface area (Å²) >= 11 is 1.93. The van der Waals surface area contributed by atoms with E-state index in [4.69, 9.17) is 0 Å². The Bertz CT molecular complexity index is 333. The van der Waals surface area contributed by atoms with Crippen LogP contribution in [0.2, 0.25) is 0 Å². The molecular weight excluding hydrogens is 230 g/mol. The molecule has 0 aliphatic heterocycles. The molecule has 17 heavy (non-hydrogen) atoms. The number of thioether (sulfide) groups is 1. The highest BCUT2D eigenvalue weighted by Gasteiger charge is 2.10. The smallest absolute Gasteiger partial charge is 0.0694 e. The Kier molecular flexibility index (Phi) is 6.06. The van der Waals surface area contributed by atoms with Crippen LogP contribution in [0.4, 0.5) is 0 Å². The first kappa shape index (κ1) is 14.6. The molecule has 98 valence electrons. The van der Waals surface area contributed by atoms with Crippen molar-refractivity contribution in [2.45, 2.75) is 44.9 Å². The fourth-order valence-electron chi connectivity index (χ4n) is 1.82. The lowest BCUT2D eigenvalue weighted by molar-refractivity contribution is 0.641. The topological polar surface area (TPSA) is 29.9 Å². The number of hydrogen-bond acceptors (Lipinski definition) is 3. The second-order valence-corrected chi connectivity index (χ2v) is 6.16. The van der Waals surface area contributed by atoms with Crippen LogP contribution in [0.5, 0.6) is 0 Å². The molecule has 0 saturated carbocycles. The number of hydrogen-bond donors (Lipinski definition) is 1. The van der Waals surface area contributed by atoms with Crippen LogP contribution in [0.3, 0.4) is 0 Å². The predicted octanol–water partition coefficient (Wildman–Crippen LogP) is 2.77. The molecule has 1 unspecified atom stereocenters. The molecule has 0 bridgehead atoms. The first-order chi connectivity index (χ1) is 8.04. The SMILES string of the molecule is CSC(C)CCNCc1cn(C)nc1C(C)C. The molecule has 4 heteroatoms. The van der Waals surface area contributed by atoms with Crippen molar-refractivity contribution >= 4 is 11.8 Å². The number of nitrogens with one attached hydrogen (secondary N) is 1. The highest BCUT2D eigenvalue weighted by atomic mass is 32.2. The summed E-state index contributed by atoms with van der Waals surface area (Å²) in [7, 11) is 1.99. The van der Waals surface area contributed by atoms with Crippen molar-refractivity contribution in [3.8, 4) is 0 Å². The summed E-state index contributed by atoms with van der Waals surface area (Å²) in [6, 6.07) is 0. The molecule has 0 fully saturated rings. The Balaban J connectivity index is 2.41. The van der Waals surface area contributed by atoms with Crippen molar-refractivity contribution in [3.05, 3.63) is 17.5 Å². The Morgan fingerprint density at radius 3 is 2.71 bits per heavy atom. The number of nitrogens with zero attached hydrogens (tertiary/aromatic N) is 2. The van der Waals surface area contributed by atoms with E-state index in [2.05, 4.69) is 43.6 Å². The van der Waals surface area contributed by atoms with E-state index in [1.54, 1.807) is 0 Å². The first-order valence-electron chi connectivity index (χ1n) is 6.30. The van der Waals surface area contributed by atoms with Gasteiger partial charge < -0.3 is 5.32 Å². The van der Waals surface area contributed by atoms with Crippen LogP contribution in [-0.2, 0) is 13.6 Å². The standard InChI is InChI=1S/C13H25N3S/c1-10(2)13-12(9-16(4)15-13)8-14-7-6-11(3)17-5/h9-11,14H,6-8H2,1-5H3. The first-order valence-corrected chi connectivity index (χ1v) is 7.59. The maximum Gasteiger partial charge on any atom is 0.0694 e. The van der Waals surface area contributed by atoms with Crippen molar-refractivity contribution in [1.82, 2.24) is 15.1 Å². The van der Waals surface area contributed by atoms with Crippen LogP contribution in [0.25, 0.3) is 0 Å². The fraction of sp³-hybridized carbons (Fsp3) is 0.769. The minimum Gasteiger partial charge on any atom is -0.313 e. The molecule has 1 aromatic rings. The minimum absolute atomic E-state index is 0.498. The summed E-state index contributed by atoms with van der Waals surface area (Å²) in [6.07, 6.45) is 5.52. The molecule has 1 aromatic heterocycles. The molecule has 1 atom stereocenters. The molecular formula is C13H25N3S. The molecule has 1 heterocycles. The maximum atomic E-state index is 4.51. The summed E-state index contributed by atoms with van der Waals surface area (Å²) in [5, 5.41) is 8.76. The average Bonchev–Trinajstić information content (AvgIpc) is 2.65. The normalized spacial score (nSPS) is 13.3. The molecule has 0 spiro atoms. The Hall–Kier alpha value is -0.480. The zero-order valence-electron chi connectivity index (χ0n) is 11.7. The van der Waals surface area contributed by atoms with Gasteiger partial charge in [0.2, 0.25) is 0 Å². The van der Waals surface area contributed by atoms with Crippen molar-refractivity contribution in [3.63, 3.8) is 0 Å². The van der Waals surface area contributed by atoms with E-state index in [9.17, 15) is 0 Å². The Morgan fingerprint density at radius 1 is 1.41 bits per heavy atom. The van der Waals surface area contributed by atoms with Crippen molar-refractivity contribution in [2.75, 3.05) is 12.8 Å². The van der Waals surface area contributed by atoms with E-state index in [1.807, 2.05) is 23.5 Å². The van der Waals surface area contributed by atoms with Gasteiger partial charge in [-0.05, 0) is 25.1 Å². The summed E-state index contributed by atoms with van der Waals surface area (Å²) in [4.78, 5) is 0. The van der Waals surface area contributed by atoms with Crippen molar-refractivity contribution in [2.24, 2.45) is 7.05 Å². The van der Waals surface area contributed by atoms with E-state index >= 15 is 0 Å². The van der Waals surface area contributed by atoms with E-state index in [0.29, 0.717) is 5.92 Å². The van der Waals surface area contributed by atoms with Crippen LogP contribution in [0, 0.1) is 0 Å². The average molecular weight is 255 g/mol. The number of rotatable bonds is 7. The third-order valence-electron chi connectivity index (χ3n) is 2.93. The Labute approximate surface area is 109 Å². The lowest BCUT2D eigenvalue weighted by atomic mass is 10.1. The van der Waals surface area contributed by atoms with Crippen LogP contribution >= 0.6 is 11.8 Å². The fourth-order valence-corrected chi connectivity index (χ4v) is 2.18. The van der Waals surface area contributed by atoms with Crippen LogP contribution < -0.4 is 5.32 Å². The zero-order chi connectivity index (χ0) is 12.8. The molecule has 1 rings (SSSR count). The van der Waals surface area contributed by atoms with Gasteiger partial charge in [-0.1, -0.05) is 20.8 Å². The molecule has 0 aliphatic carbocycles. The number of aromatic nitrogens is 2. The van der Waals surface area contributed by atoms with Crippen LogP contribution in [0.15, 0.2) is 6.20 Å². The van der Waals surface area contributed by atoms with Gasteiger partial charge in [0, 0.05) is 30.6 Å². The minimum atomic E-state index is 0.498. The molecule has 0 radical (unpaired) electrons. The van der Waals surface area contributed by atoms with Gasteiger partial charge in [0.1, 0.15) is 0 Å². The van der Waals surface area contributed by atoms with Gasteiger partial charge in [-0.15, -0.1) is 0 Å². The van der Waals surface area contributed by atoms with E-state index in [1.165, 1.54) is 17.7 Å². The van der Waals surface area contributed by atoms with Crippen LogP contribution in [-0.4, -0.2) is 27.8 Å². The monoisotopic (exact) mass is 255 g/mol. The number of aryl methyl sites for hydroxylation is 1. The molecule has 0 aliphatic rings. The molecule has 3 nitrogen and oxygen atoms in total. The van der Waals surface area contributed by atoms with Gasteiger partial charge >= 0.3 is 0 Å². The van der Waals surface area contributed by atoms with Gasteiger partial charge in [-0.3, -0.25) is 4.68 Å². The summed E-state index contributed by atoms with van der Waals surface area (Å²) in [5.74, 6) is 0.498. The quantitative estimate of drug-likeness (QED) is 0.760. The lowest BCUT2D eigenvalue weighted by Crippen LogP contribution is -2.18. The largest absolute Gasteiger partial charge is 0.313 e. The van der Waals surface area contributed by atoms with E-state index in [0.717, 1.165) is 18.3 Å². The Morgan fingerprint density at radius 2 is 2.12 bits per heavy atom. The lowest BCUT2D eigenvalue weighted by Gasteiger charge is -2.09. The summed E-state index contributed by atoms with van der Waals surface area (Å²) in [6.45, 7) is 8.68. The zero-order valence-corrected chi connectivity index (χ0v) is 12.5. The highest BCUT2D eigenvalue weighted by Crippen LogP contribution is 2.17. The summed E-state index contributed by atoms with van der Waals surface area (Å²) in [5.41, 5.74) is 2.55. The van der Waals surface area contributed by atoms with Gasteiger partial charge in [-0.25, -0.2) is 0 Å². The van der Waals surface area contributed by atoms with Crippen LogP contribution in [0.1, 0.15) is 44.4 Å². The third-order valence-corrected chi connectivity index (χ3v) is 3.97. The summed E-state index contributed by atoms with van der Waals surface area (Å²) < 4.78 is 1.91. The van der Waals surface area contributed by atoms with Gasteiger partial charge in [0.05, 0.1) is 5.69 Å². The van der Waals surface area contributed by atoms with Gasteiger partial charge in [-0.2, -0.15) is 16.9 Å². The third kappa shape index (κ3) is 4.72. The molecule has 0 aromatic carbocycles. The van der Waals surface area contributed by atoms with Gasteiger partial charge in [0.15, 0.2) is 0 Å². The van der Waals surface area contributed by atoms with Crippen molar-refractivity contribution < 1.29 is 0 Å². The molecule has 1 N–H and O–H groups in total. The van der Waals surface area contributed by atoms with Crippen molar-refractivity contribution in [1.29, 1.82) is 0 Å². The van der Waals surface area contributed by atoms with E-state index < -0.39 is 0 Å². The second kappa shape index (κ2) is 7.07. The highest BCUT2D eigenvalue weighted by molar-refractivity contribution is 7.99. The molecule has 0 amide bonds. The molecule has 0 saturated heterocycles. The van der Waals surface area contributed by atoms with E-state index in [-0.39, 0.29) is 0 Å².